The predicted molar refractivity (Wildman–Crippen MR) is 65.5 cm³/mol. The van der Waals surface area contributed by atoms with Crippen LogP contribution in [0.2, 0.25) is 0 Å². The summed E-state index contributed by atoms with van der Waals surface area (Å²) in [5.74, 6) is 0. The fraction of sp³-hybridized carbons (Fsp3) is 0.231. The van der Waals surface area contributed by atoms with E-state index >= 15 is 0 Å². The third-order valence-electron chi connectivity index (χ3n) is 2.74. The summed E-state index contributed by atoms with van der Waals surface area (Å²) in [5, 5.41) is 8.88. The highest BCUT2D eigenvalue weighted by molar-refractivity contribution is 5.42. The van der Waals surface area contributed by atoms with Crippen molar-refractivity contribution in [3.05, 3.63) is 48.0 Å². The van der Waals surface area contributed by atoms with E-state index in [0.29, 0.717) is 5.56 Å². The van der Waals surface area contributed by atoms with E-state index in [9.17, 15) is 0 Å². The maximum absolute atomic E-state index is 8.88. The van der Waals surface area contributed by atoms with Crippen molar-refractivity contribution in [3.8, 4) is 11.8 Å². The Morgan fingerprint density at radius 3 is 3.06 bits per heavy atom. The van der Waals surface area contributed by atoms with Crippen LogP contribution in [0.1, 0.15) is 30.6 Å². The van der Waals surface area contributed by atoms with Gasteiger partial charge in [0.25, 0.3) is 0 Å². The molecule has 0 amide bonds. The van der Waals surface area contributed by atoms with Gasteiger partial charge in [-0.2, -0.15) is 5.26 Å². The number of benzene rings is 1. The molecule has 0 bridgehead atoms. The zero-order chi connectivity index (χ0) is 12.3. The van der Waals surface area contributed by atoms with Gasteiger partial charge in [-0.15, -0.1) is 0 Å². The molecule has 0 saturated carbocycles. The number of rotatable bonds is 3. The molecule has 0 aliphatic carbocycles. The van der Waals surface area contributed by atoms with Crippen molar-refractivity contribution in [1.82, 2.24) is 9.55 Å². The molecule has 0 aliphatic heterocycles. The lowest BCUT2D eigenvalue weighted by Crippen LogP contribution is -2.13. The van der Waals surface area contributed by atoms with Gasteiger partial charge in [-0.3, -0.25) is 0 Å². The third kappa shape index (κ3) is 2.19. The van der Waals surface area contributed by atoms with Gasteiger partial charge in [0.1, 0.15) is 0 Å². The minimum atomic E-state index is -0.0387. The van der Waals surface area contributed by atoms with Crippen LogP contribution in [0.4, 0.5) is 0 Å². The summed E-state index contributed by atoms with van der Waals surface area (Å²) in [6, 6.07) is 9.49. The lowest BCUT2D eigenvalue weighted by Gasteiger charge is -2.12. The molecule has 2 N–H and O–H groups in total. The van der Waals surface area contributed by atoms with Gasteiger partial charge in [-0.05, 0) is 24.6 Å². The molecule has 2 rings (SSSR count). The topological polar surface area (TPSA) is 67.6 Å². The van der Waals surface area contributed by atoms with E-state index in [4.69, 9.17) is 11.0 Å². The van der Waals surface area contributed by atoms with Crippen LogP contribution in [0, 0.1) is 11.3 Å². The van der Waals surface area contributed by atoms with Crippen LogP contribution in [0.3, 0.4) is 0 Å². The van der Waals surface area contributed by atoms with Crippen molar-refractivity contribution in [2.24, 2.45) is 5.73 Å². The Morgan fingerprint density at radius 1 is 1.53 bits per heavy atom. The smallest absolute Gasteiger partial charge is 0.0994 e. The minimum absolute atomic E-state index is 0.0387. The second kappa shape index (κ2) is 4.81. The van der Waals surface area contributed by atoms with Crippen LogP contribution < -0.4 is 5.73 Å². The van der Waals surface area contributed by atoms with Crippen LogP contribution in [-0.4, -0.2) is 9.55 Å². The molecule has 1 aromatic carbocycles. The Labute approximate surface area is 100 Å². The number of nitriles is 1. The lowest BCUT2D eigenvalue weighted by molar-refractivity contribution is 0.660. The number of hydrogen-bond acceptors (Lipinski definition) is 3. The molecule has 1 aromatic heterocycles. The summed E-state index contributed by atoms with van der Waals surface area (Å²) in [6.07, 6.45) is 4.35. The van der Waals surface area contributed by atoms with Gasteiger partial charge in [0.2, 0.25) is 0 Å². The van der Waals surface area contributed by atoms with Crippen LogP contribution in [-0.2, 0) is 0 Å². The largest absolute Gasteiger partial charge is 0.323 e. The van der Waals surface area contributed by atoms with Gasteiger partial charge in [-0.1, -0.05) is 13.0 Å². The van der Waals surface area contributed by atoms with E-state index < -0.39 is 0 Å². The van der Waals surface area contributed by atoms with Gasteiger partial charge in [0.05, 0.1) is 29.9 Å². The number of hydrogen-bond donors (Lipinski definition) is 1. The molecule has 0 fully saturated rings. The second-order valence-corrected chi connectivity index (χ2v) is 3.87. The van der Waals surface area contributed by atoms with E-state index in [1.165, 1.54) is 0 Å². The van der Waals surface area contributed by atoms with E-state index in [2.05, 4.69) is 11.1 Å². The fourth-order valence-corrected chi connectivity index (χ4v) is 1.73. The van der Waals surface area contributed by atoms with E-state index in [0.717, 1.165) is 17.8 Å². The molecule has 0 unspecified atom stereocenters. The van der Waals surface area contributed by atoms with Gasteiger partial charge >= 0.3 is 0 Å². The third-order valence-corrected chi connectivity index (χ3v) is 2.74. The maximum Gasteiger partial charge on any atom is 0.0994 e. The normalized spacial score (nSPS) is 12.1. The highest BCUT2D eigenvalue weighted by atomic mass is 15.1. The molecule has 0 aliphatic rings. The molecule has 1 atom stereocenters. The molecule has 0 radical (unpaired) electrons. The Hall–Kier alpha value is -2.12. The maximum atomic E-state index is 8.88. The lowest BCUT2D eigenvalue weighted by atomic mass is 10.1. The molecule has 4 nitrogen and oxygen atoms in total. The van der Waals surface area contributed by atoms with E-state index in [1.807, 2.05) is 29.7 Å². The Morgan fingerprint density at radius 2 is 2.35 bits per heavy atom. The van der Waals surface area contributed by atoms with Crippen LogP contribution in [0.5, 0.6) is 0 Å². The van der Waals surface area contributed by atoms with Crippen LogP contribution in [0.15, 0.2) is 36.8 Å². The molecular formula is C13H14N4. The summed E-state index contributed by atoms with van der Waals surface area (Å²) >= 11 is 0. The first-order chi connectivity index (χ1) is 8.26. The van der Waals surface area contributed by atoms with Crippen molar-refractivity contribution in [2.45, 2.75) is 19.4 Å². The van der Waals surface area contributed by atoms with Gasteiger partial charge in [0, 0.05) is 11.7 Å². The Kier molecular flexibility index (Phi) is 3.22. The van der Waals surface area contributed by atoms with Gasteiger partial charge in [-0.25, -0.2) is 4.98 Å². The van der Waals surface area contributed by atoms with Gasteiger partial charge in [0.15, 0.2) is 0 Å². The van der Waals surface area contributed by atoms with E-state index in [1.54, 1.807) is 18.6 Å². The number of nitrogens with two attached hydrogens (primary N) is 1. The average Bonchev–Trinajstić information content (AvgIpc) is 2.87. The molecule has 2 aromatic rings. The predicted octanol–water partition coefficient (Wildman–Crippen LogP) is 2.15. The number of nitrogens with zero attached hydrogens (tertiary/aromatic N) is 3. The second-order valence-electron chi connectivity index (χ2n) is 3.87. The van der Waals surface area contributed by atoms with Gasteiger partial charge < -0.3 is 10.3 Å². The quantitative estimate of drug-likeness (QED) is 0.871. The summed E-state index contributed by atoms with van der Waals surface area (Å²) in [5.41, 5.74) is 8.53. The monoisotopic (exact) mass is 226 g/mol. The first kappa shape index (κ1) is 11.4. The highest BCUT2D eigenvalue weighted by Gasteiger charge is 2.10. The molecule has 0 spiro atoms. The summed E-state index contributed by atoms with van der Waals surface area (Å²) in [7, 11) is 0. The molecular weight excluding hydrogens is 212 g/mol. The van der Waals surface area contributed by atoms with Crippen molar-refractivity contribution in [3.63, 3.8) is 0 Å². The standard InChI is InChI=1S/C13H14N4/c1-2-12(15)13-8-16-9-17(13)11-5-3-4-10(6-11)7-14/h3-6,8-9,12H,2,15H2,1H3/t12-/m1/s1. The molecule has 4 heteroatoms. The first-order valence-electron chi connectivity index (χ1n) is 5.54. The van der Waals surface area contributed by atoms with Crippen molar-refractivity contribution < 1.29 is 0 Å². The van der Waals surface area contributed by atoms with Crippen LogP contribution >= 0.6 is 0 Å². The van der Waals surface area contributed by atoms with Crippen molar-refractivity contribution in [2.75, 3.05) is 0 Å². The molecule has 86 valence electrons. The number of aromatic nitrogens is 2. The van der Waals surface area contributed by atoms with Crippen molar-refractivity contribution in [1.29, 1.82) is 5.26 Å². The van der Waals surface area contributed by atoms with E-state index in [-0.39, 0.29) is 6.04 Å². The highest BCUT2D eigenvalue weighted by Crippen LogP contribution is 2.18. The SMILES string of the molecule is CC[C@@H](N)c1cncn1-c1cccc(C#N)c1. The van der Waals surface area contributed by atoms with Crippen molar-refractivity contribution >= 4 is 0 Å². The average molecular weight is 226 g/mol. The molecule has 1 heterocycles. The zero-order valence-electron chi connectivity index (χ0n) is 9.67. The summed E-state index contributed by atoms with van der Waals surface area (Å²) < 4.78 is 1.93. The zero-order valence-corrected chi connectivity index (χ0v) is 9.67. The molecule has 0 saturated heterocycles. The minimum Gasteiger partial charge on any atom is -0.323 e. The Balaban J connectivity index is 2.46. The first-order valence-corrected chi connectivity index (χ1v) is 5.54. The van der Waals surface area contributed by atoms with Crippen LogP contribution in [0.25, 0.3) is 5.69 Å². The summed E-state index contributed by atoms with van der Waals surface area (Å²) in [6.45, 7) is 2.04. The number of imidazole rings is 1. The fourth-order valence-electron chi connectivity index (χ4n) is 1.73. The Bertz CT molecular complexity index is 551. The molecule has 17 heavy (non-hydrogen) atoms. The summed E-state index contributed by atoms with van der Waals surface area (Å²) in [4.78, 5) is 4.12.